The minimum absolute atomic E-state index is 0.0997. The Morgan fingerprint density at radius 2 is 2.27 bits per heavy atom. The highest BCUT2D eigenvalue weighted by atomic mass is 16.5. The van der Waals surface area contributed by atoms with Crippen molar-refractivity contribution in [3.63, 3.8) is 0 Å². The van der Waals surface area contributed by atoms with Crippen molar-refractivity contribution in [1.82, 2.24) is 9.55 Å². The number of rotatable bonds is 8. The van der Waals surface area contributed by atoms with E-state index in [9.17, 15) is 4.79 Å². The van der Waals surface area contributed by atoms with Crippen LogP contribution in [0.25, 0.3) is 11.0 Å². The van der Waals surface area contributed by atoms with Crippen molar-refractivity contribution in [2.75, 3.05) is 25.1 Å². The molecule has 6 heteroatoms. The summed E-state index contributed by atoms with van der Waals surface area (Å²) in [7, 11) is 1.98. The van der Waals surface area contributed by atoms with Gasteiger partial charge < -0.3 is 19.7 Å². The Morgan fingerprint density at radius 3 is 3.00 bits per heavy atom. The second-order valence-corrected chi connectivity index (χ2v) is 5.10. The summed E-state index contributed by atoms with van der Waals surface area (Å²) in [6.45, 7) is 2.86. The maximum Gasteiger partial charge on any atom is 0.305 e. The van der Waals surface area contributed by atoms with Crippen LogP contribution in [0.1, 0.15) is 25.6 Å². The number of nitrogens with one attached hydrogen (secondary N) is 1. The van der Waals surface area contributed by atoms with Gasteiger partial charge in [-0.2, -0.15) is 0 Å². The molecule has 0 radical (unpaired) electrons. The highest BCUT2D eigenvalue weighted by molar-refractivity contribution is 5.80. The quantitative estimate of drug-likeness (QED) is 0.728. The van der Waals surface area contributed by atoms with Gasteiger partial charge in [0.1, 0.15) is 5.82 Å². The molecule has 1 heterocycles. The second-order valence-electron chi connectivity index (χ2n) is 5.10. The molecule has 2 aromatic rings. The first kappa shape index (κ1) is 16.3. The SMILES string of the molecule is CCOC(=O)CCCc1nc2ccc(NCCO)cc2n1C. The van der Waals surface area contributed by atoms with E-state index in [0.29, 0.717) is 19.6 Å². The van der Waals surface area contributed by atoms with Gasteiger partial charge >= 0.3 is 5.97 Å². The van der Waals surface area contributed by atoms with Crippen molar-refractivity contribution in [1.29, 1.82) is 0 Å². The van der Waals surface area contributed by atoms with Crippen molar-refractivity contribution < 1.29 is 14.6 Å². The largest absolute Gasteiger partial charge is 0.466 e. The lowest BCUT2D eigenvalue weighted by Gasteiger charge is -2.05. The van der Waals surface area contributed by atoms with Gasteiger partial charge in [-0.1, -0.05) is 0 Å². The fourth-order valence-electron chi connectivity index (χ4n) is 2.40. The van der Waals surface area contributed by atoms with Crippen LogP contribution in [-0.2, 0) is 23.0 Å². The van der Waals surface area contributed by atoms with Crippen LogP contribution in [0.5, 0.6) is 0 Å². The molecule has 0 bridgehead atoms. The van der Waals surface area contributed by atoms with E-state index in [1.165, 1.54) is 0 Å². The molecule has 0 saturated carbocycles. The fourth-order valence-corrected chi connectivity index (χ4v) is 2.40. The first-order valence-corrected chi connectivity index (χ1v) is 7.61. The number of carbonyl (C=O) groups is 1. The first-order chi connectivity index (χ1) is 10.7. The molecule has 0 aliphatic heterocycles. The van der Waals surface area contributed by atoms with Gasteiger partial charge in [0.25, 0.3) is 0 Å². The molecule has 0 aliphatic rings. The fraction of sp³-hybridized carbons (Fsp3) is 0.500. The van der Waals surface area contributed by atoms with Gasteiger partial charge in [-0.25, -0.2) is 4.98 Å². The number of imidazole rings is 1. The van der Waals surface area contributed by atoms with Gasteiger partial charge in [0.05, 0.1) is 24.2 Å². The van der Waals surface area contributed by atoms with E-state index in [4.69, 9.17) is 9.84 Å². The van der Waals surface area contributed by atoms with Crippen molar-refractivity contribution in [2.24, 2.45) is 7.05 Å². The zero-order valence-electron chi connectivity index (χ0n) is 13.1. The van der Waals surface area contributed by atoms with Crippen LogP contribution in [0.4, 0.5) is 5.69 Å². The van der Waals surface area contributed by atoms with Gasteiger partial charge in [0, 0.05) is 32.1 Å². The van der Waals surface area contributed by atoms with Crippen molar-refractivity contribution in [3.05, 3.63) is 24.0 Å². The molecular formula is C16H23N3O3. The second kappa shape index (κ2) is 7.79. The molecule has 0 atom stereocenters. The maximum atomic E-state index is 11.4. The molecule has 0 aliphatic carbocycles. The molecule has 2 N–H and O–H groups in total. The molecule has 0 spiro atoms. The average Bonchev–Trinajstić information content (AvgIpc) is 2.82. The number of fused-ring (bicyclic) bond motifs is 1. The normalized spacial score (nSPS) is 10.9. The predicted octanol–water partition coefficient (Wildman–Crippen LogP) is 1.86. The van der Waals surface area contributed by atoms with Crippen molar-refractivity contribution in [2.45, 2.75) is 26.2 Å². The Labute approximate surface area is 130 Å². The highest BCUT2D eigenvalue weighted by Gasteiger charge is 2.09. The maximum absolute atomic E-state index is 11.4. The molecule has 1 aromatic carbocycles. The van der Waals surface area contributed by atoms with E-state index >= 15 is 0 Å². The van der Waals surface area contributed by atoms with Gasteiger partial charge in [-0.05, 0) is 31.5 Å². The van der Waals surface area contributed by atoms with Crippen LogP contribution in [-0.4, -0.2) is 40.4 Å². The molecular weight excluding hydrogens is 282 g/mol. The zero-order chi connectivity index (χ0) is 15.9. The molecule has 6 nitrogen and oxygen atoms in total. The summed E-state index contributed by atoms with van der Waals surface area (Å²) < 4.78 is 6.97. The number of aryl methyl sites for hydroxylation is 2. The monoisotopic (exact) mass is 305 g/mol. The van der Waals surface area contributed by atoms with E-state index in [1.54, 1.807) is 0 Å². The van der Waals surface area contributed by atoms with Crippen LogP contribution >= 0.6 is 0 Å². The summed E-state index contributed by atoms with van der Waals surface area (Å²) in [4.78, 5) is 16.0. The number of aliphatic hydroxyl groups excluding tert-OH is 1. The molecule has 0 saturated heterocycles. The topological polar surface area (TPSA) is 76.4 Å². The number of aliphatic hydroxyl groups is 1. The first-order valence-electron chi connectivity index (χ1n) is 7.61. The molecule has 0 fully saturated rings. The number of ether oxygens (including phenoxy) is 1. The number of hydrogen-bond donors (Lipinski definition) is 2. The Hall–Kier alpha value is -2.08. The number of carbonyl (C=O) groups excluding carboxylic acids is 1. The smallest absolute Gasteiger partial charge is 0.305 e. The Bertz CT molecular complexity index is 637. The van der Waals surface area contributed by atoms with Crippen molar-refractivity contribution in [3.8, 4) is 0 Å². The number of anilines is 1. The standard InChI is InChI=1S/C16H23N3O3/c1-3-22-16(21)6-4-5-15-18-13-8-7-12(17-9-10-20)11-14(13)19(15)2/h7-8,11,17,20H,3-6,9-10H2,1-2H3. The Morgan fingerprint density at radius 1 is 1.45 bits per heavy atom. The number of nitrogens with zero attached hydrogens (tertiary/aromatic N) is 2. The Balaban J connectivity index is 2.04. The van der Waals surface area contributed by atoms with Gasteiger partial charge in [-0.15, -0.1) is 0 Å². The molecule has 2 rings (SSSR count). The third-order valence-electron chi connectivity index (χ3n) is 3.50. The molecule has 1 aromatic heterocycles. The summed E-state index contributed by atoms with van der Waals surface area (Å²) in [6, 6.07) is 5.93. The lowest BCUT2D eigenvalue weighted by Crippen LogP contribution is -2.06. The number of hydrogen-bond acceptors (Lipinski definition) is 5. The number of aromatic nitrogens is 2. The molecule has 0 unspecified atom stereocenters. The van der Waals surface area contributed by atoms with E-state index < -0.39 is 0 Å². The number of benzene rings is 1. The highest BCUT2D eigenvalue weighted by Crippen LogP contribution is 2.20. The molecule has 0 amide bonds. The third-order valence-corrected chi connectivity index (χ3v) is 3.50. The molecule has 22 heavy (non-hydrogen) atoms. The third kappa shape index (κ3) is 3.98. The van der Waals surface area contributed by atoms with E-state index in [-0.39, 0.29) is 12.6 Å². The van der Waals surface area contributed by atoms with Crippen LogP contribution in [0, 0.1) is 0 Å². The van der Waals surface area contributed by atoms with Gasteiger partial charge in [0.15, 0.2) is 0 Å². The van der Waals surface area contributed by atoms with Gasteiger partial charge in [-0.3, -0.25) is 4.79 Å². The van der Waals surface area contributed by atoms with Crippen LogP contribution in [0.15, 0.2) is 18.2 Å². The predicted molar refractivity (Wildman–Crippen MR) is 85.9 cm³/mol. The average molecular weight is 305 g/mol. The summed E-state index contributed by atoms with van der Waals surface area (Å²) in [5, 5.41) is 12.0. The molecule has 120 valence electrons. The lowest BCUT2D eigenvalue weighted by molar-refractivity contribution is -0.143. The lowest BCUT2D eigenvalue weighted by atomic mass is 10.2. The Kier molecular flexibility index (Phi) is 5.77. The van der Waals surface area contributed by atoms with E-state index in [0.717, 1.165) is 35.4 Å². The van der Waals surface area contributed by atoms with Crippen molar-refractivity contribution >= 4 is 22.7 Å². The van der Waals surface area contributed by atoms with E-state index in [1.807, 2.05) is 36.7 Å². The van der Waals surface area contributed by atoms with Crippen LogP contribution < -0.4 is 5.32 Å². The minimum atomic E-state index is -0.156. The number of esters is 1. The minimum Gasteiger partial charge on any atom is -0.466 e. The van der Waals surface area contributed by atoms with Crippen LogP contribution in [0.2, 0.25) is 0 Å². The van der Waals surface area contributed by atoms with E-state index in [2.05, 4.69) is 10.3 Å². The summed E-state index contributed by atoms with van der Waals surface area (Å²) >= 11 is 0. The summed E-state index contributed by atoms with van der Waals surface area (Å²) in [5.74, 6) is 0.801. The van der Waals surface area contributed by atoms with Crippen LogP contribution in [0.3, 0.4) is 0 Å². The summed E-state index contributed by atoms with van der Waals surface area (Å²) in [5.41, 5.74) is 2.93. The summed E-state index contributed by atoms with van der Waals surface area (Å²) in [6.07, 6.45) is 1.88. The zero-order valence-corrected chi connectivity index (χ0v) is 13.1. The van der Waals surface area contributed by atoms with Gasteiger partial charge in [0.2, 0.25) is 0 Å².